The van der Waals surface area contributed by atoms with Crippen LogP contribution in [0.1, 0.15) is 78.7 Å². The molecule has 2 aliphatic heterocycles. The van der Waals surface area contributed by atoms with Gasteiger partial charge in [0.1, 0.15) is 36.8 Å². The Morgan fingerprint density at radius 2 is 1.69 bits per heavy atom. The van der Waals surface area contributed by atoms with E-state index in [9.17, 15) is 34.5 Å². The fourth-order valence-electron chi connectivity index (χ4n) is 7.95. The van der Waals surface area contributed by atoms with Crippen LogP contribution in [0.25, 0.3) is 0 Å². The Morgan fingerprint density at radius 1 is 1.00 bits per heavy atom. The van der Waals surface area contributed by atoms with Crippen LogP contribution in [0.2, 0.25) is 0 Å². The van der Waals surface area contributed by atoms with Crippen molar-refractivity contribution in [2.45, 2.75) is 153 Å². The van der Waals surface area contributed by atoms with Crippen molar-refractivity contribution in [3.8, 4) is 0 Å². The maximum Gasteiger partial charge on any atom is 0.309 e. The molecule has 14 atom stereocenters. The van der Waals surface area contributed by atoms with E-state index in [1.807, 2.05) is 31.0 Å². The van der Waals surface area contributed by atoms with E-state index in [1.54, 1.807) is 64.3 Å². The van der Waals surface area contributed by atoms with Gasteiger partial charge in [-0.1, -0.05) is 19.9 Å². The van der Waals surface area contributed by atoms with Crippen LogP contribution in [0.5, 0.6) is 0 Å². The molecule has 0 unspecified atom stereocenters. The number of pyridine rings is 1. The Bertz CT molecular complexity index is 1450. The number of aldehydes is 1. The SMILES string of the molecule is CCC(=O)O[C@@H]1CC(=O)O[C@H](C)C[C@H](O)[C@H](N(C)CCCc2ccncc2)/C=C/[C@H](OC(C)=O)[C@H](C)C[C@H](CC=O)[C@H](O[C@@H]2O[C@H](C)[C@@H](O)[C@H](N(C)C)[C@H]2O)[C@H]1OC. The molecule has 0 amide bonds. The molecule has 328 valence electrons. The lowest BCUT2D eigenvalue weighted by Gasteiger charge is -2.47. The number of ether oxygens (including phenoxy) is 6. The molecule has 3 rings (SSSR count). The highest BCUT2D eigenvalue weighted by molar-refractivity contribution is 5.72. The summed E-state index contributed by atoms with van der Waals surface area (Å²) in [5.41, 5.74) is 1.13. The molecular weight excluding hydrogens is 754 g/mol. The van der Waals surface area contributed by atoms with E-state index < -0.39 is 109 Å². The number of cyclic esters (lactones) is 1. The van der Waals surface area contributed by atoms with Gasteiger partial charge in [-0.2, -0.15) is 0 Å². The van der Waals surface area contributed by atoms with E-state index in [0.717, 1.165) is 18.4 Å². The summed E-state index contributed by atoms with van der Waals surface area (Å²) in [6.07, 6.45) is -1.97. The molecule has 1 saturated heterocycles. The zero-order valence-corrected chi connectivity index (χ0v) is 35.5. The number of aromatic nitrogens is 1. The number of hydrogen-bond acceptors (Lipinski definition) is 16. The summed E-state index contributed by atoms with van der Waals surface area (Å²) in [5, 5.41) is 34.1. The molecule has 0 aromatic carbocycles. The van der Waals surface area contributed by atoms with Gasteiger partial charge >= 0.3 is 17.9 Å². The molecule has 1 fully saturated rings. The molecule has 0 saturated carbocycles. The Balaban J connectivity index is 2.12. The van der Waals surface area contributed by atoms with Crippen LogP contribution in [0, 0.1) is 11.8 Å². The highest BCUT2D eigenvalue weighted by Gasteiger charge is 2.49. The number of carbonyl (C=O) groups is 4. The Morgan fingerprint density at radius 3 is 2.29 bits per heavy atom. The van der Waals surface area contributed by atoms with E-state index >= 15 is 0 Å². The molecular formula is C42H67N3O13. The fraction of sp³-hybridized carbons (Fsp3) is 0.738. The molecule has 2 aliphatic rings. The zero-order valence-electron chi connectivity index (χ0n) is 35.5. The molecule has 0 aliphatic carbocycles. The molecule has 3 N–H and O–H groups in total. The number of esters is 3. The molecule has 0 spiro atoms. The first-order valence-electron chi connectivity index (χ1n) is 20.3. The van der Waals surface area contributed by atoms with Crippen LogP contribution >= 0.6 is 0 Å². The predicted molar refractivity (Wildman–Crippen MR) is 212 cm³/mol. The van der Waals surface area contributed by atoms with Crippen molar-refractivity contribution >= 4 is 24.2 Å². The van der Waals surface area contributed by atoms with Crippen molar-refractivity contribution in [1.29, 1.82) is 0 Å². The first-order valence-corrected chi connectivity index (χ1v) is 20.3. The molecule has 16 heteroatoms. The van der Waals surface area contributed by atoms with Gasteiger partial charge in [0.15, 0.2) is 6.29 Å². The average Bonchev–Trinajstić information content (AvgIpc) is 3.15. The summed E-state index contributed by atoms with van der Waals surface area (Å²) in [7, 11) is 6.63. The van der Waals surface area contributed by atoms with E-state index in [4.69, 9.17) is 28.4 Å². The Kier molecular flexibility index (Phi) is 20.3. The average molecular weight is 822 g/mol. The van der Waals surface area contributed by atoms with Crippen molar-refractivity contribution in [1.82, 2.24) is 14.8 Å². The second-order valence-corrected chi connectivity index (χ2v) is 15.9. The van der Waals surface area contributed by atoms with Crippen LogP contribution in [-0.4, -0.2) is 162 Å². The maximum atomic E-state index is 13.7. The standard InChI is InChI=1S/C42H67N3O13/c1-10-35(49)57-34-24-36(50)54-26(3)23-32(48)31(45(8)20-11-12-29-15-18-43-19-16-29)13-14-33(56-28(5)47)25(2)22-30(17-21-46)40(41(34)53-9)58-42-39(52)37(44(6)7)38(51)27(4)55-42/h13-16,18-19,21,25-27,30-34,37-42,48,51-52H,10-12,17,20,22-24H2,1-9H3/b14-13+/t25-,26-,27-,30+,31-,32+,33+,34-,37+,38-,39-,40+,41+,42+/m1/s1. The molecule has 0 bridgehead atoms. The maximum absolute atomic E-state index is 13.7. The van der Waals surface area contributed by atoms with Gasteiger partial charge in [-0.25, -0.2) is 0 Å². The quantitative estimate of drug-likeness (QED) is 0.107. The minimum atomic E-state index is -1.38. The van der Waals surface area contributed by atoms with Crippen LogP contribution in [0.4, 0.5) is 0 Å². The molecule has 58 heavy (non-hydrogen) atoms. The lowest BCUT2D eigenvalue weighted by Crippen LogP contribution is -2.63. The summed E-state index contributed by atoms with van der Waals surface area (Å²) in [4.78, 5) is 59.3. The number of aliphatic hydroxyl groups is 3. The van der Waals surface area contributed by atoms with Gasteiger partial charge in [0.2, 0.25) is 0 Å². The highest BCUT2D eigenvalue weighted by atomic mass is 16.7. The largest absolute Gasteiger partial charge is 0.462 e. The number of rotatable bonds is 14. The van der Waals surface area contributed by atoms with Gasteiger partial charge in [-0.05, 0) is 96.4 Å². The smallest absolute Gasteiger partial charge is 0.309 e. The van der Waals surface area contributed by atoms with Crippen LogP contribution in [0.15, 0.2) is 36.7 Å². The van der Waals surface area contributed by atoms with Gasteiger partial charge in [0, 0.05) is 45.7 Å². The summed E-state index contributed by atoms with van der Waals surface area (Å²) in [5.74, 6) is -3.12. The van der Waals surface area contributed by atoms with Crippen molar-refractivity contribution < 1.29 is 62.9 Å². The summed E-state index contributed by atoms with van der Waals surface area (Å²) in [6.45, 7) is 8.64. The Hall–Kier alpha value is -3.35. The van der Waals surface area contributed by atoms with Crippen LogP contribution < -0.4 is 0 Å². The molecule has 16 nitrogen and oxygen atoms in total. The number of aliphatic hydroxyl groups excluding tert-OH is 3. The number of nitrogens with zero attached hydrogens (tertiary/aromatic N) is 3. The van der Waals surface area contributed by atoms with Crippen LogP contribution in [-0.2, 0) is 54.0 Å². The third-order valence-corrected chi connectivity index (χ3v) is 11.0. The Labute approximate surface area is 343 Å². The fourth-order valence-corrected chi connectivity index (χ4v) is 7.95. The third kappa shape index (κ3) is 14.4. The molecule has 1 aromatic heterocycles. The van der Waals surface area contributed by atoms with E-state index in [-0.39, 0.29) is 25.7 Å². The van der Waals surface area contributed by atoms with Crippen molar-refractivity contribution in [3.05, 3.63) is 42.2 Å². The van der Waals surface area contributed by atoms with E-state index in [0.29, 0.717) is 12.8 Å². The number of aryl methyl sites for hydroxylation is 1. The molecule has 1 aromatic rings. The van der Waals surface area contributed by atoms with E-state index in [2.05, 4.69) is 4.98 Å². The van der Waals surface area contributed by atoms with Crippen molar-refractivity contribution in [3.63, 3.8) is 0 Å². The summed E-state index contributed by atoms with van der Waals surface area (Å²) >= 11 is 0. The number of likely N-dealkylation sites (N-methyl/N-ethyl adjacent to an activating group) is 2. The normalized spacial score (nSPS) is 34.9. The predicted octanol–water partition coefficient (Wildman–Crippen LogP) is 2.24. The number of hydrogen-bond donors (Lipinski definition) is 3. The monoisotopic (exact) mass is 821 g/mol. The second kappa shape index (κ2) is 24.0. The third-order valence-electron chi connectivity index (χ3n) is 11.0. The van der Waals surface area contributed by atoms with Gasteiger partial charge in [0.05, 0.1) is 42.9 Å². The highest BCUT2D eigenvalue weighted by Crippen LogP contribution is 2.34. The topological polar surface area (TPSA) is 204 Å². The van der Waals surface area contributed by atoms with E-state index in [1.165, 1.54) is 14.0 Å². The van der Waals surface area contributed by atoms with Crippen LogP contribution in [0.3, 0.4) is 0 Å². The number of carbonyl (C=O) groups excluding carboxylic acids is 4. The minimum absolute atomic E-state index is 0.0247. The molecule has 3 heterocycles. The lowest BCUT2D eigenvalue weighted by atomic mass is 9.82. The van der Waals surface area contributed by atoms with Crippen molar-refractivity contribution in [2.24, 2.45) is 11.8 Å². The number of methoxy groups -OCH3 is 1. The summed E-state index contributed by atoms with van der Waals surface area (Å²) in [6, 6.07) is 2.52. The first kappa shape index (κ1) is 49.0. The van der Waals surface area contributed by atoms with Gasteiger partial charge < -0.3 is 53.4 Å². The first-order chi connectivity index (χ1) is 27.5. The second-order valence-electron chi connectivity index (χ2n) is 15.9. The molecule has 0 radical (unpaired) electrons. The zero-order chi connectivity index (χ0) is 43.1. The van der Waals surface area contributed by atoms with Gasteiger partial charge in [0.25, 0.3) is 0 Å². The van der Waals surface area contributed by atoms with Gasteiger partial charge in [-0.3, -0.25) is 24.3 Å². The minimum Gasteiger partial charge on any atom is -0.462 e. The lowest BCUT2D eigenvalue weighted by molar-refractivity contribution is -0.310. The summed E-state index contributed by atoms with van der Waals surface area (Å²) < 4.78 is 36.1. The van der Waals surface area contributed by atoms with Gasteiger partial charge in [-0.15, -0.1) is 0 Å². The van der Waals surface area contributed by atoms with Crippen molar-refractivity contribution in [2.75, 3.05) is 34.8 Å².